The topological polar surface area (TPSA) is 43.8 Å². The highest BCUT2D eigenvalue weighted by atomic mass is 15.3. The molecule has 74 valence electrons. The largest absolute Gasteiger partial charge is 0.325 e. The van der Waals surface area contributed by atoms with E-state index in [1.807, 2.05) is 50.7 Å². The lowest BCUT2D eigenvalue weighted by atomic mass is 10.3. The number of hydrogen-bond donors (Lipinski definition) is 1. The van der Waals surface area contributed by atoms with E-state index < -0.39 is 0 Å². The van der Waals surface area contributed by atoms with Crippen LogP contribution >= 0.6 is 0 Å². The van der Waals surface area contributed by atoms with Crippen LogP contribution in [0.25, 0.3) is 6.08 Å². The molecule has 0 saturated carbocycles. The van der Waals surface area contributed by atoms with E-state index in [2.05, 4.69) is 5.10 Å². The van der Waals surface area contributed by atoms with Crippen LogP contribution in [0.5, 0.6) is 0 Å². The molecule has 0 saturated heterocycles. The molecule has 0 aliphatic heterocycles. The van der Waals surface area contributed by atoms with E-state index in [4.69, 9.17) is 5.73 Å². The number of aromatic nitrogens is 2. The Labute approximate surface area is 80.2 Å². The molecule has 0 spiro atoms. The lowest BCUT2D eigenvalue weighted by Gasteiger charge is -1.90. The molecule has 1 aromatic rings. The van der Waals surface area contributed by atoms with E-state index in [0.29, 0.717) is 6.54 Å². The van der Waals surface area contributed by atoms with Crippen molar-refractivity contribution < 1.29 is 0 Å². The number of aryl methyl sites for hydroxylation is 1. The molecule has 1 heterocycles. The van der Waals surface area contributed by atoms with Gasteiger partial charge in [0.15, 0.2) is 0 Å². The van der Waals surface area contributed by atoms with Gasteiger partial charge in [0, 0.05) is 13.6 Å². The van der Waals surface area contributed by atoms with Crippen molar-refractivity contribution in [1.29, 1.82) is 0 Å². The second-order valence-corrected chi connectivity index (χ2v) is 2.39. The fourth-order valence-electron chi connectivity index (χ4n) is 0.970. The fourth-order valence-corrected chi connectivity index (χ4v) is 0.970. The molecular weight excluding hydrogens is 162 g/mol. The molecule has 0 aliphatic rings. The fraction of sp³-hybridized carbons (Fsp3) is 0.500. The molecule has 0 aliphatic carbocycles. The van der Waals surface area contributed by atoms with Crippen LogP contribution in [0.4, 0.5) is 0 Å². The van der Waals surface area contributed by atoms with Gasteiger partial charge >= 0.3 is 0 Å². The third kappa shape index (κ3) is 3.42. The first kappa shape index (κ1) is 11.9. The Bertz CT molecular complexity index is 261. The van der Waals surface area contributed by atoms with Gasteiger partial charge in [-0.2, -0.15) is 5.10 Å². The van der Waals surface area contributed by atoms with Gasteiger partial charge in [-0.3, -0.25) is 4.68 Å². The number of hydrogen-bond acceptors (Lipinski definition) is 2. The SMILES string of the molecule is C/C=C\c1cc(CN)nn1C.CC. The third-order valence-corrected chi connectivity index (χ3v) is 1.51. The van der Waals surface area contributed by atoms with E-state index in [-0.39, 0.29) is 0 Å². The Morgan fingerprint density at radius 1 is 1.54 bits per heavy atom. The van der Waals surface area contributed by atoms with Crippen LogP contribution in [0.15, 0.2) is 12.1 Å². The molecular formula is C10H19N3. The zero-order valence-corrected chi connectivity index (χ0v) is 8.91. The van der Waals surface area contributed by atoms with Crippen molar-refractivity contribution in [3.05, 3.63) is 23.5 Å². The number of allylic oxidation sites excluding steroid dienone is 1. The second kappa shape index (κ2) is 6.43. The molecule has 1 rings (SSSR count). The summed E-state index contributed by atoms with van der Waals surface area (Å²) < 4.78 is 1.82. The summed E-state index contributed by atoms with van der Waals surface area (Å²) >= 11 is 0. The predicted molar refractivity (Wildman–Crippen MR) is 57.2 cm³/mol. The van der Waals surface area contributed by atoms with Gasteiger partial charge in [-0.1, -0.05) is 19.9 Å². The van der Waals surface area contributed by atoms with Crippen LogP contribution in [0.2, 0.25) is 0 Å². The summed E-state index contributed by atoms with van der Waals surface area (Å²) in [4.78, 5) is 0. The van der Waals surface area contributed by atoms with Crippen molar-refractivity contribution in [1.82, 2.24) is 9.78 Å². The van der Waals surface area contributed by atoms with Crippen molar-refractivity contribution in [3.63, 3.8) is 0 Å². The van der Waals surface area contributed by atoms with Crippen LogP contribution in [-0.4, -0.2) is 9.78 Å². The maximum atomic E-state index is 5.43. The predicted octanol–water partition coefficient (Wildman–Crippen LogP) is 1.94. The Morgan fingerprint density at radius 2 is 2.15 bits per heavy atom. The molecule has 0 radical (unpaired) electrons. The van der Waals surface area contributed by atoms with Crippen molar-refractivity contribution in [3.8, 4) is 0 Å². The minimum atomic E-state index is 0.505. The van der Waals surface area contributed by atoms with Crippen molar-refractivity contribution in [2.24, 2.45) is 12.8 Å². The van der Waals surface area contributed by atoms with Crippen LogP contribution in [0.1, 0.15) is 32.2 Å². The first-order valence-electron chi connectivity index (χ1n) is 4.63. The summed E-state index contributed by atoms with van der Waals surface area (Å²) in [5.74, 6) is 0. The van der Waals surface area contributed by atoms with Gasteiger partial charge in [0.25, 0.3) is 0 Å². The molecule has 2 N–H and O–H groups in total. The number of nitrogens with two attached hydrogens (primary N) is 1. The standard InChI is InChI=1S/C8H13N3.C2H6/c1-3-4-8-5-7(6-9)10-11(8)2;1-2/h3-5H,6,9H2,1-2H3;1-2H3/b4-3-;. The first-order valence-corrected chi connectivity index (χ1v) is 4.63. The minimum absolute atomic E-state index is 0.505. The summed E-state index contributed by atoms with van der Waals surface area (Å²) in [6.07, 6.45) is 3.99. The summed E-state index contributed by atoms with van der Waals surface area (Å²) in [7, 11) is 1.91. The molecule has 0 aromatic carbocycles. The maximum absolute atomic E-state index is 5.43. The van der Waals surface area contributed by atoms with E-state index in [9.17, 15) is 0 Å². The molecule has 0 amide bonds. The van der Waals surface area contributed by atoms with Crippen molar-refractivity contribution >= 4 is 6.08 Å². The summed E-state index contributed by atoms with van der Waals surface area (Å²) in [6, 6.07) is 1.99. The minimum Gasteiger partial charge on any atom is -0.325 e. The molecule has 0 fully saturated rings. The van der Waals surface area contributed by atoms with Gasteiger partial charge in [0.2, 0.25) is 0 Å². The zero-order valence-electron chi connectivity index (χ0n) is 8.91. The average molecular weight is 181 g/mol. The van der Waals surface area contributed by atoms with E-state index >= 15 is 0 Å². The highest BCUT2D eigenvalue weighted by Gasteiger charge is 1.98. The monoisotopic (exact) mass is 181 g/mol. The lowest BCUT2D eigenvalue weighted by Crippen LogP contribution is -1.98. The molecule has 0 atom stereocenters. The summed E-state index contributed by atoms with van der Waals surface area (Å²) in [5.41, 5.74) is 7.45. The van der Waals surface area contributed by atoms with Gasteiger partial charge < -0.3 is 5.73 Å². The van der Waals surface area contributed by atoms with Gasteiger partial charge in [-0.05, 0) is 19.1 Å². The smallest absolute Gasteiger partial charge is 0.0766 e. The lowest BCUT2D eigenvalue weighted by molar-refractivity contribution is 0.736. The third-order valence-electron chi connectivity index (χ3n) is 1.51. The second-order valence-electron chi connectivity index (χ2n) is 2.39. The quantitative estimate of drug-likeness (QED) is 0.757. The first-order chi connectivity index (χ1) is 6.27. The molecule has 3 heteroatoms. The van der Waals surface area contributed by atoms with Crippen LogP contribution in [0.3, 0.4) is 0 Å². The Kier molecular flexibility index (Phi) is 5.89. The van der Waals surface area contributed by atoms with Crippen molar-refractivity contribution in [2.75, 3.05) is 0 Å². The van der Waals surface area contributed by atoms with Gasteiger partial charge in [-0.15, -0.1) is 0 Å². The van der Waals surface area contributed by atoms with Gasteiger partial charge in [-0.25, -0.2) is 0 Å². The van der Waals surface area contributed by atoms with Gasteiger partial charge in [0.1, 0.15) is 0 Å². The molecule has 0 unspecified atom stereocenters. The van der Waals surface area contributed by atoms with E-state index in [1.54, 1.807) is 0 Å². The number of rotatable bonds is 2. The van der Waals surface area contributed by atoms with E-state index in [0.717, 1.165) is 11.4 Å². The zero-order chi connectivity index (χ0) is 10.3. The van der Waals surface area contributed by atoms with Gasteiger partial charge in [0.05, 0.1) is 11.4 Å². The molecule has 1 aromatic heterocycles. The highest BCUT2D eigenvalue weighted by Crippen LogP contribution is 2.03. The van der Waals surface area contributed by atoms with E-state index in [1.165, 1.54) is 0 Å². The molecule has 3 nitrogen and oxygen atoms in total. The van der Waals surface area contributed by atoms with Crippen molar-refractivity contribution in [2.45, 2.75) is 27.3 Å². The Morgan fingerprint density at radius 3 is 2.54 bits per heavy atom. The van der Waals surface area contributed by atoms with Crippen LogP contribution in [-0.2, 0) is 13.6 Å². The Hall–Kier alpha value is -1.09. The molecule has 0 bridgehead atoms. The summed E-state index contributed by atoms with van der Waals surface area (Å²) in [5, 5.41) is 4.19. The number of nitrogens with zero attached hydrogens (tertiary/aromatic N) is 2. The van der Waals surface area contributed by atoms with Crippen LogP contribution in [0, 0.1) is 0 Å². The Balaban J connectivity index is 0.000000671. The normalized spacial score (nSPS) is 9.92. The molecule has 13 heavy (non-hydrogen) atoms. The highest BCUT2D eigenvalue weighted by molar-refractivity contribution is 5.44. The average Bonchev–Trinajstić information content (AvgIpc) is 2.52. The summed E-state index contributed by atoms with van der Waals surface area (Å²) in [6.45, 7) is 6.49. The van der Waals surface area contributed by atoms with Crippen LogP contribution < -0.4 is 5.73 Å². The maximum Gasteiger partial charge on any atom is 0.0766 e.